The van der Waals surface area contributed by atoms with Crippen molar-refractivity contribution in [1.29, 1.82) is 0 Å². The number of esters is 3. The fraction of sp³-hybridized carbons (Fsp3) is 0.923. The molecule has 0 fully saturated rings. The summed E-state index contributed by atoms with van der Waals surface area (Å²) in [4.78, 5) is 37.1. The van der Waals surface area contributed by atoms with Crippen molar-refractivity contribution in [2.75, 3.05) is 13.2 Å². The summed E-state index contributed by atoms with van der Waals surface area (Å²) in [5.74, 6) is -0.882. The van der Waals surface area contributed by atoms with E-state index >= 15 is 0 Å². The molecule has 0 radical (unpaired) electrons. The summed E-state index contributed by atoms with van der Waals surface area (Å²) in [6.45, 7) is 6.51. The Balaban J connectivity index is 4.15. The van der Waals surface area contributed by atoms with Gasteiger partial charge in [-0.3, -0.25) is 14.4 Å². The summed E-state index contributed by atoms with van der Waals surface area (Å²) in [5.41, 5.74) is 0. The highest BCUT2D eigenvalue weighted by Gasteiger charge is 2.19. The number of hydrogen-bond donors (Lipinski definition) is 0. The highest BCUT2D eigenvalue weighted by Crippen LogP contribution is 2.15. The lowest BCUT2D eigenvalue weighted by Gasteiger charge is -2.18. The number of carbonyl (C=O) groups excluding carboxylic acids is 3. The third kappa shape index (κ3) is 33.6. The standard InChI is InChI=1S/C39H74O6/c1-4-7-10-13-16-17-18-19-20-21-22-23-24-27-29-32-38(41)44-35-36(45-39(42)33-30-26-15-12-9-6-3)34-43-37(40)31-28-25-14-11-8-5-2/h36H,4-35H2,1-3H3. The summed E-state index contributed by atoms with van der Waals surface area (Å²) >= 11 is 0. The number of unbranched alkanes of at least 4 members (excludes halogenated alkanes) is 24. The molecular weight excluding hydrogens is 564 g/mol. The van der Waals surface area contributed by atoms with Crippen LogP contribution in [-0.4, -0.2) is 37.2 Å². The first-order valence-electron chi connectivity index (χ1n) is 19.5. The van der Waals surface area contributed by atoms with Gasteiger partial charge in [0.05, 0.1) is 0 Å². The Morgan fingerprint density at radius 1 is 0.356 bits per heavy atom. The van der Waals surface area contributed by atoms with Gasteiger partial charge in [0.2, 0.25) is 0 Å². The van der Waals surface area contributed by atoms with Crippen molar-refractivity contribution >= 4 is 17.9 Å². The predicted octanol–water partition coefficient (Wildman–Crippen LogP) is 11.7. The molecule has 1 unspecified atom stereocenters. The normalized spacial score (nSPS) is 11.8. The molecule has 0 aromatic rings. The van der Waals surface area contributed by atoms with Gasteiger partial charge in [0, 0.05) is 19.3 Å². The molecule has 45 heavy (non-hydrogen) atoms. The Morgan fingerprint density at radius 2 is 0.600 bits per heavy atom. The van der Waals surface area contributed by atoms with E-state index in [0.29, 0.717) is 19.3 Å². The molecule has 1 atom stereocenters. The zero-order valence-corrected chi connectivity index (χ0v) is 30.2. The van der Waals surface area contributed by atoms with Gasteiger partial charge in [-0.25, -0.2) is 0 Å². The first-order chi connectivity index (χ1) is 22.0. The lowest BCUT2D eigenvalue weighted by Crippen LogP contribution is -2.30. The molecule has 266 valence electrons. The smallest absolute Gasteiger partial charge is 0.306 e. The second kappa shape index (κ2) is 35.3. The van der Waals surface area contributed by atoms with Crippen molar-refractivity contribution < 1.29 is 28.6 Å². The number of ether oxygens (including phenoxy) is 3. The van der Waals surface area contributed by atoms with Crippen LogP contribution in [0.15, 0.2) is 0 Å². The summed E-state index contributed by atoms with van der Waals surface area (Å²) in [7, 11) is 0. The molecule has 0 aliphatic carbocycles. The van der Waals surface area contributed by atoms with Crippen LogP contribution in [-0.2, 0) is 28.6 Å². The van der Waals surface area contributed by atoms with Gasteiger partial charge >= 0.3 is 17.9 Å². The average molecular weight is 639 g/mol. The number of rotatable bonds is 35. The molecule has 0 aliphatic heterocycles. The lowest BCUT2D eigenvalue weighted by atomic mass is 10.0. The second-order valence-electron chi connectivity index (χ2n) is 13.2. The molecular formula is C39H74O6. The highest BCUT2D eigenvalue weighted by atomic mass is 16.6. The van der Waals surface area contributed by atoms with E-state index in [1.54, 1.807) is 0 Å². The predicted molar refractivity (Wildman–Crippen MR) is 187 cm³/mol. The summed E-state index contributed by atoms with van der Waals surface area (Å²) in [6, 6.07) is 0. The lowest BCUT2D eigenvalue weighted by molar-refractivity contribution is -0.167. The van der Waals surface area contributed by atoms with Gasteiger partial charge in [-0.2, -0.15) is 0 Å². The maximum Gasteiger partial charge on any atom is 0.306 e. The second-order valence-corrected chi connectivity index (χ2v) is 13.2. The van der Waals surface area contributed by atoms with Gasteiger partial charge in [0.15, 0.2) is 6.10 Å². The summed E-state index contributed by atoms with van der Waals surface area (Å²) in [6.07, 6.45) is 32.7. The van der Waals surface area contributed by atoms with Gasteiger partial charge in [0.1, 0.15) is 13.2 Å². The van der Waals surface area contributed by atoms with Crippen molar-refractivity contribution in [1.82, 2.24) is 0 Å². The SMILES string of the molecule is CCCCCCCCCCCCCCCCCC(=O)OCC(COC(=O)CCCCCCCC)OC(=O)CCCCCCCC. The summed E-state index contributed by atoms with van der Waals surface area (Å²) < 4.78 is 16.5. The molecule has 0 N–H and O–H groups in total. The van der Waals surface area contributed by atoms with Crippen LogP contribution in [0, 0.1) is 0 Å². The van der Waals surface area contributed by atoms with Crippen molar-refractivity contribution in [2.24, 2.45) is 0 Å². The molecule has 0 aliphatic rings. The van der Waals surface area contributed by atoms with E-state index in [0.717, 1.165) is 57.8 Å². The Bertz CT molecular complexity index is 664. The van der Waals surface area contributed by atoms with Crippen LogP contribution in [0.25, 0.3) is 0 Å². The fourth-order valence-electron chi connectivity index (χ4n) is 5.62. The Labute approximate surface area is 278 Å². The van der Waals surface area contributed by atoms with Gasteiger partial charge in [-0.05, 0) is 19.3 Å². The van der Waals surface area contributed by atoms with E-state index in [-0.39, 0.29) is 31.1 Å². The van der Waals surface area contributed by atoms with E-state index in [1.807, 2.05) is 0 Å². The van der Waals surface area contributed by atoms with E-state index in [2.05, 4.69) is 20.8 Å². The quantitative estimate of drug-likeness (QED) is 0.0390. The molecule has 0 heterocycles. The van der Waals surface area contributed by atoms with E-state index < -0.39 is 6.10 Å². The van der Waals surface area contributed by atoms with Crippen LogP contribution >= 0.6 is 0 Å². The van der Waals surface area contributed by atoms with Crippen molar-refractivity contribution in [3.05, 3.63) is 0 Å². The molecule has 0 aromatic heterocycles. The van der Waals surface area contributed by atoms with Crippen LogP contribution in [0.3, 0.4) is 0 Å². The maximum atomic E-state index is 12.5. The Morgan fingerprint density at radius 3 is 0.889 bits per heavy atom. The van der Waals surface area contributed by atoms with Crippen molar-refractivity contribution in [3.8, 4) is 0 Å². The van der Waals surface area contributed by atoms with Gasteiger partial charge in [0.25, 0.3) is 0 Å². The third-order valence-corrected chi connectivity index (χ3v) is 8.61. The minimum absolute atomic E-state index is 0.0654. The van der Waals surface area contributed by atoms with Gasteiger partial charge in [-0.1, -0.05) is 175 Å². The molecule has 0 bridgehead atoms. The third-order valence-electron chi connectivity index (χ3n) is 8.61. The highest BCUT2D eigenvalue weighted by molar-refractivity contribution is 5.71. The fourth-order valence-corrected chi connectivity index (χ4v) is 5.62. The van der Waals surface area contributed by atoms with E-state index in [9.17, 15) is 14.4 Å². The van der Waals surface area contributed by atoms with Gasteiger partial charge < -0.3 is 14.2 Å². The largest absolute Gasteiger partial charge is 0.462 e. The minimum atomic E-state index is -0.754. The number of hydrogen-bond acceptors (Lipinski definition) is 6. The van der Waals surface area contributed by atoms with Crippen LogP contribution in [0.5, 0.6) is 0 Å². The summed E-state index contributed by atoms with van der Waals surface area (Å²) in [5, 5.41) is 0. The average Bonchev–Trinajstić information content (AvgIpc) is 3.03. The van der Waals surface area contributed by atoms with Gasteiger partial charge in [-0.15, -0.1) is 0 Å². The maximum absolute atomic E-state index is 12.5. The van der Waals surface area contributed by atoms with Crippen LogP contribution in [0.2, 0.25) is 0 Å². The molecule has 0 saturated carbocycles. The molecule has 0 spiro atoms. The van der Waals surface area contributed by atoms with Crippen LogP contribution < -0.4 is 0 Å². The topological polar surface area (TPSA) is 78.9 Å². The molecule has 0 amide bonds. The van der Waals surface area contributed by atoms with E-state index in [4.69, 9.17) is 14.2 Å². The minimum Gasteiger partial charge on any atom is -0.462 e. The molecule has 0 aromatic carbocycles. The van der Waals surface area contributed by atoms with Crippen LogP contribution in [0.1, 0.15) is 213 Å². The van der Waals surface area contributed by atoms with E-state index in [1.165, 1.54) is 116 Å². The zero-order chi connectivity index (χ0) is 33.1. The zero-order valence-electron chi connectivity index (χ0n) is 30.2. The molecule has 0 rings (SSSR count). The molecule has 6 nitrogen and oxygen atoms in total. The molecule has 0 saturated heterocycles. The Kier molecular flexibility index (Phi) is 34.0. The monoisotopic (exact) mass is 639 g/mol. The first kappa shape index (κ1) is 43.4. The first-order valence-corrected chi connectivity index (χ1v) is 19.5. The molecule has 6 heteroatoms. The van der Waals surface area contributed by atoms with Crippen molar-refractivity contribution in [3.63, 3.8) is 0 Å². The van der Waals surface area contributed by atoms with Crippen molar-refractivity contribution in [2.45, 2.75) is 219 Å². The van der Waals surface area contributed by atoms with Crippen LogP contribution in [0.4, 0.5) is 0 Å². The Hall–Kier alpha value is -1.59. The number of carbonyl (C=O) groups is 3.